The zero-order valence-electron chi connectivity index (χ0n) is 8.96. The first-order chi connectivity index (χ1) is 6.88. The highest BCUT2D eigenvalue weighted by atomic mass is 16.6. The van der Waals surface area contributed by atoms with Gasteiger partial charge in [0.15, 0.2) is 0 Å². The van der Waals surface area contributed by atoms with E-state index in [4.69, 9.17) is 4.74 Å². The number of hydrogen-bond donors (Lipinski definition) is 2. The summed E-state index contributed by atoms with van der Waals surface area (Å²) in [6, 6.07) is 3.35. The van der Waals surface area contributed by atoms with E-state index in [0.717, 1.165) is 0 Å². The van der Waals surface area contributed by atoms with Crippen LogP contribution in [0.4, 0.5) is 5.82 Å². The van der Waals surface area contributed by atoms with E-state index in [0.29, 0.717) is 5.82 Å². The van der Waals surface area contributed by atoms with Crippen molar-refractivity contribution in [2.75, 3.05) is 5.32 Å². The number of carbonyl (C=O) groups excluding carboxylic acids is 2. The molecule has 1 aromatic heterocycles. The summed E-state index contributed by atoms with van der Waals surface area (Å²) >= 11 is 0. The maximum atomic E-state index is 11.3. The topological polar surface area (TPSA) is 71.2 Å². The number of carbonyl (C=O) groups is 2. The highest BCUT2D eigenvalue weighted by Crippen LogP contribution is 2.08. The third-order valence-corrected chi connectivity index (χ3v) is 1.43. The number of amides is 1. The maximum Gasteiger partial charge on any atom is 0.397 e. The lowest BCUT2D eigenvalue weighted by Crippen LogP contribution is -2.32. The number of aromatic nitrogens is 1. The molecular weight excluding hydrogens is 196 g/mol. The standard InChI is InChI=1S/C10H14N2O3/c1-10(2,3)15-9(14)8(13)12-7-5-4-6-11-7/h4-6,11H,1-3H3,(H,12,13). The average molecular weight is 210 g/mol. The molecule has 5 heteroatoms. The minimum Gasteiger partial charge on any atom is -0.453 e. The molecule has 0 bridgehead atoms. The first kappa shape index (κ1) is 11.3. The molecule has 15 heavy (non-hydrogen) atoms. The Bertz CT molecular complexity index is 349. The Balaban J connectivity index is 2.51. The van der Waals surface area contributed by atoms with E-state index >= 15 is 0 Å². The normalized spacial score (nSPS) is 10.9. The van der Waals surface area contributed by atoms with Gasteiger partial charge in [-0.2, -0.15) is 0 Å². The van der Waals surface area contributed by atoms with Gasteiger partial charge in [-0.05, 0) is 32.9 Å². The Hall–Kier alpha value is -1.78. The van der Waals surface area contributed by atoms with E-state index < -0.39 is 17.5 Å². The van der Waals surface area contributed by atoms with Gasteiger partial charge in [-0.1, -0.05) is 0 Å². The monoisotopic (exact) mass is 210 g/mol. The molecule has 1 heterocycles. The number of anilines is 1. The Morgan fingerprint density at radius 3 is 2.53 bits per heavy atom. The molecule has 0 aliphatic heterocycles. The predicted octanol–water partition coefficient (Wildman–Crippen LogP) is 1.29. The predicted molar refractivity (Wildman–Crippen MR) is 55.3 cm³/mol. The number of aromatic amines is 1. The molecule has 0 saturated carbocycles. The fraction of sp³-hybridized carbons (Fsp3) is 0.400. The first-order valence-corrected chi connectivity index (χ1v) is 4.56. The van der Waals surface area contributed by atoms with Crippen LogP contribution < -0.4 is 5.32 Å². The van der Waals surface area contributed by atoms with E-state index in [9.17, 15) is 9.59 Å². The average Bonchev–Trinajstić information content (AvgIpc) is 2.53. The van der Waals surface area contributed by atoms with Gasteiger partial charge in [-0.15, -0.1) is 0 Å². The van der Waals surface area contributed by atoms with Crippen molar-refractivity contribution >= 4 is 17.7 Å². The molecule has 0 spiro atoms. The molecule has 0 fully saturated rings. The lowest BCUT2D eigenvalue weighted by molar-refractivity contribution is -0.161. The van der Waals surface area contributed by atoms with Gasteiger partial charge in [0, 0.05) is 6.20 Å². The molecule has 1 amide bonds. The van der Waals surface area contributed by atoms with Gasteiger partial charge in [0.1, 0.15) is 11.4 Å². The maximum absolute atomic E-state index is 11.3. The second kappa shape index (κ2) is 4.16. The van der Waals surface area contributed by atoms with Crippen LogP contribution in [0.25, 0.3) is 0 Å². The fourth-order valence-corrected chi connectivity index (χ4v) is 0.906. The molecule has 0 aliphatic carbocycles. The number of esters is 1. The third-order valence-electron chi connectivity index (χ3n) is 1.43. The van der Waals surface area contributed by atoms with Crippen LogP contribution in [0.15, 0.2) is 18.3 Å². The molecule has 0 radical (unpaired) electrons. The van der Waals surface area contributed by atoms with E-state index in [1.165, 1.54) is 0 Å². The van der Waals surface area contributed by atoms with Crippen LogP contribution >= 0.6 is 0 Å². The summed E-state index contributed by atoms with van der Waals surface area (Å²) < 4.78 is 4.88. The summed E-state index contributed by atoms with van der Waals surface area (Å²) in [7, 11) is 0. The number of ether oxygens (including phenoxy) is 1. The van der Waals surface area contributed by atoms with Crippen molar-refractivity contribution in [2.24, 2.45) is 0 Å². The van der Waals surface area contributed by atoms with Crippen molar-refractivity contribution in [3.8, 4) is 0 Å². The molecule has 1 rings (SSSR count). The second-order valence-electron chi connectivity index (χ2n) is 4.04. The van der Waals surface area contributed by atoms with Gasteiger partial charge in [-0.25, -0.2) is 4.79 Å². The van der Waals surface area contributed by atoms with Crippen LogP contribution in [0.2, 0.25) is 0 Å². The second-order valence-corrected chi connectivity index (χ2v) is 4.04. The fourth-order valence-electron chi connectivity index (χ4n) is 0.906. The summed E-state index contributed by atoms with van der Waals surface area (Å²) in [6.07, 6.45) is 1.64. The molecule has 0 atom stereocenters. The lowest BCUT2D eigenvalue weighted by atomic mass is 10.2. The molecule has 5 nitrogen and oxygen atoms in total. The van der Waals surface area contributed by atoms with Crippen LogP contribution in [0.5, 0.6) is 0 Å². The molecule has 0 unspecified atom stereocenters. The summed E-state index contributed by atoms with van der Waals surface area (Å²) in [4.78, 5) is 25.3. The molecule has 82 valence electrons. The summed E-state index contributed by atoms with van der Waals surface area (Å²) in [6.45, 7) is 5.10. The number of hydrogen-bond acceptors (Lipinski definition) is 3. The van der Waals surface area contributed by atoms with Crippen molar-refractivity contribution in [3.63, 3.8) is 0 Å². The highest BCUT2D eigenvalue weighted by Gasteiger charge is 2.22. The quantitative estimate of drug-likeness (QED) is 0.542. The lowest BCUT2D eigenvalue weighted by Gasteiger charge is -2.18. The third kappa shape index (κ3) is 3.84. The Morgan fingerprint density at radius 1 is 1.40 bits per heavy atom. The number of H-pyrrole nitrogens is 1. The van der Waals surface area contributed by atoms with Crippen LogP contribution in [0, 0.1) is 0 Å². The van der Waals surface area contributed by atoms with Crippen LogP contribution in [0.3, 0.4) is 0 Å². The van der Waals surface area contributed by atoms with Gasteiger partial charge in [-0.3, -0.25) is 4.79 Å². The zero-order chi connectivity index (χ0) is 11.5. The van der Waals surface area contributed by atoms with Gasteiger partial charge < -0.3 is 15.0 Å². The van der Waals surface area contributed by atoms with Crippen LogP contribution in [0.1, 0.15) is 20.8 Å². The van der Waals surface area contributed by atoms with E-state index in [1.807, 2.05) is 0 Å². The smallest absolute Gasteiger partial charge is 0.397 e. The van der Waals surface area contributed by atoms with Crippen LogP contribution in [-0.4, -0.2) is 22.5 Å². The SMILES string of the molecule is CC(C)(C)OC(=O)C(=O)Nc1ccc[nH]1. The molecule has 1 aromatic rings. The van der Waals surface area contributed by atoms with Crippen molar-refractivity contribution in [3.05, 3.63) is 18.3 Å². The Labute approximate surface area is 87.8 Å². The summed E-state index contributed by atoms with van der Waals surface area (Å²) in [5, 5.41) is 2.38. The van der Waals surface area contributed by atoms with Gasteiger partial charge in [0.05, 0.1) is 0 Å². The van der Waals surface area contributed by atoms with Crippen molar-refractivity contribution in [1.29, 1.82) is 0 Å². The van der Waals surface area contributed by atoms with Crippen molar-refractivity contribution < 1.29 is 14.3 Å². The molecule has 0 aliphatic rings. The Kier molecular flexibility index (Phi) is 3.14. The van der Waals surface area contributed by atoms with Gasteiger partial charge in [0.25, 0.3) is 0 Å². The molecular formula is C10H14N2O3. The molecule has 0 saturated heterocycles. The first-order valence-electron chi connectivity index (χ1n) is 4.56. The van der Waals surface area contributed by atoms with Crippen molar-refractivity contribution in [2.45, 2.75) is 26.4 Å². The van der Waals surface area contributed by atoms with Gasteiger partial charge in [0.2, 0.25) is 0 Å². The minimum atomic E-state index is -0.892. The van der Waals surface area contributed by atoms with Crippen molar-refractivity contribution in [1.82, 2.24) is 4.98 Å². The van der Waals surface area contributed by atoms with Gasteiger partial charge >= 0.3 is 11.9 Å². The minimum absolute atomic E-state index is 0.464. The summed E-state index contributed by atoms with van der Waals surface area (Å²) in [5.74, 6) is -1.21. The zero-order valence-corrected chi connectivity index (χ0v) is 8.96. The van der Waals surface area contributed by atoms with E-state index in [2.05, 4.69) is 10.3 Å². The number of rotatable bonds is 1. The Morgan fingerprint density at radius 2 is 2.07 bits per heavy atom. The largest absolute Gasteiger partial charge is 0.453 e. The number of nitrogens with one attached hydrogen (secondary N) is 2. The van der Waals surface area contributed by atoms with E-state index in [1.54, 1.807) is 39.1 Å². The summed E-state index contributed by atoms with van der Waals surface area (Å²) in [5.41, 5.74) is -0.663. The molecule has 2 N–H and O–H groups in total. The highest BCUT2D eigenvalue weighted by molar-refractivity contribution is 6.37. The molecule has 0 aromatic carbocycles. The van der Waals surface area contributed by atoms with Crippen LogP contribution in [-0.2, 0) is 14.3 Å². The van der Waals surface area contributed by atoms with E-state index in [-0.39, 0.29) is 0 Å².